The van der Waals surface area contributed by atoms with Crippen molar-refractivity contribution in [3.8, 4) is 17.2 Å². The molecule has 0 aliphatic carbocycles. The number of nitrogens with zero attached hydrogens (tertiary/aromatic N) is 1. The van der Waals surface area contributed by atoms with E-state index in [1.54, 1.807) is 18.2 Å². The number of nitrogen functional groups attached to an aromatic ring is 1. The highest BCUT2D eigenvalue weighted by molar-refractivity contribution is 5.78. The molecule has 0 atom stereocenters. The van der Waals surface area contributed by atoms with Crippen LogP contribution in [-0.4, -0.2) is 48.1 Å². The van der Waals surface area contributed by atoms with Crippen LogP contribution in [-0.2, 0) is 14.2 Å². The molecule has 0 amide bonds. The number of methoxy groups -OCH3 is 3. The predicted molar refractivity (Wildman–Crippen MR) is 94.7 cm³/mol. The van der Waals surface area contributed by atoms with E-state index in [1.807, 2.05) is 0 Å². The Morgan fingerprint density at radius 2 is 1.38 bits per heavy atom. The topological polar surface area (TPSA) is 140 Å². The van der Waals surface area contributed by atoms with Crippen LogP contribution in [0.1, 0.15) is 0 Å². The number of hydrogen-bond donors (Lipinski definition) is 4. The van der Waals surface area contributed by atoms with Crippen molar-refractivity contribution >= 4 is 16.8 Å². The number of rotatable bonds is 3. The zero-order valence-corrected chi connectivity index (χ0v) is 14.6. The summed E-state index contributed by atoms with van der Waals surface area (Å²) in [7, 11) is 4.53. The third-order valence-corrected chi connectivity index (χ3v) is 2.98. The van der Waals surface area contributed by atoms with Crippen LogP contribution in [0.25, 0.3) is 11.1 Å². The summed E-state index contributed by atoms with van der Waals surface area (Å²) in [5, 5.41) is 26.8. The second kappa shape index (κ2) is 10.8. The first kappa shape index (κ1) is 21.0. The number of aromatic nitrogens is 1. The lowest BCUT2D eigenvalue weighted by Crippen LogP contribution is -2.14. The molecule has 2 aromatic carbocycles. The summed E-state index contributed by atoms with van der Waals surface area (Å²) in [6.07, 6.45) is 1.31. The molecule has 0 aliphatic heterocycles. The van der Waals surface area contributed by atoms with Crippen LogP contribution in [0.2, 0.25) is 0 Å². The molecule has 0 saturated heterocycles. The van der Waals surface area contributed by atoms with Crippen molar-refractivity contribution in [2.45, 2.75) is 6.48 Å². The molecule has 26 heavy (non-hydrogen) atoms. The lowest BCUT2D eigenvalue weighted by Gasteiger charge is -2.08. The van der Waals surface area contributed by atoms with Gasteiger partial charge in [0.1, 0.15) is 22.9 Å². The molecule has 0 spiro atoms. The van der Waals surface area contributed by atoms with Gasteiger partial charge in [-0.15, -0.1) is 0 Å². The van der Waals surface area contributed by atoms with E-state index in [0.717, 1.165) is 0 Å². The number of phenolic OH excluding ortho intramolecular Hbond substituents is 3. The monoisotopic (exact) mass is 366 g/mol. The van der Waals surface area contributed by atoms with Crippen LogP contribution >= 0.6 is 0 Å². The standard InChI is InChI=1S/C7H5NO2.C6H7NO2.C4H10O3/c9-5-2-1-3-6-7(5)8-4-10-6;7-6-4(8)2-1-3-5(6)9;1-5-4(6-2)7-3/h1-4,9H;1-3,8-9H,7H2;4H,1-3H3. The number of fused-ring (bicyclic) bond motifs is 1. The molecule has 142 valence electrons. The molecular formula is C17H22N2O7. The van der Waals surface area contributed by atoms with Gasteiger partial charge in [0.2, 0.25) is 0 Å². The number of aromatic hydroxyl groups is 3. The second-order valence-electron chi connectivity index (χ2n) is 4.68. The first-order chi connectivity index (χ1) is 12.4. The maximum Gasteiger partial charge on any atom is 0.270 e. The van der Waals surface area contributed by atoms with Crippen molar-refractivity contribution < 1.29 is 33.9 Å². The normalized spacial score (nSPS) is 10.0. The molecule has 0 unspecified atom stereocenters. The average molecular weight is 366 g/mol. The van der Waals surface area contributed by atoms with Gasteiger partial charge in [-0.3, -0.25) is 0 Å². The zero-order chi connectivity index (χ0) is 19.5. The molecule has 1 aromatic heterocycles. The van der Waals surface area contributed by atoms with E-state index in [1.165, 1.54) is 45.9 Å². The van der Waals surface area contributed by atoms with Gasteiger partial charge < -0.3 is 39.7 Å². The van der Waals surface area contributed by atoms with Crippen LogP contribution in [0.5, 0.6) is 17.2 Å². The van der Waals surface area contributed by atoms with E-state index in [4.69, 9.17) is 25.5 Å². The summed E-state index contributed by atoms with van der Waals surface area (Å²) in [6.45, 7) is -0.514. The van der Waals surface area contributed by atoms with Gasteiger partial charge in [-0.25, -0.2) is 4.98 Å². The molecule has 3 rings (SSSR count). The fourth-order valence-electron chi connectivity index (χ4n) is 1.70. The Morgan fingerprint density at radius 3 is 1.81 bits per heavy atom. The van der Waals surface area contributed by atoms with Crippen LogP contribution in [0, 0.1) is 0 Å². The van der Waals surface area contributed by atoms with E-state index in [-0.39, 0.29) is 22.9 Å². The average Bonchev–Trinajstić information content (AvgIpc) is 3.12. The SMILES string of the molecule is COC(OC)OC.Nc1c(O)cccc1O.Oc1cccc2ocnc12. The van der Waals surface area contributed by atoms with Crippen LogP contribution in [0.3, 0.4) is 0 Å². The maximum atomic E-state index is 9.14. The number of benzene rings is 2. The van der Waals surface area contributed by atoms with Gasteiger partial charge >= 0.3 is 0 Å². The maximum absolute atomic E-state index is 9.14. The van der Waals surface area contributed by atoms with E-state index >= 15 is 0 Å². The molecule has 9 nitrogen and oxygen atoms in total. The van der Waals surface area contributed by atoms with Crippen molar-refractivity contribution in [2.24, 2.45) is 0 Å². The van der Waals surface area contributed by atoms with Gasteiger partial charge in [0.15, 0.2) is 17.5 Å². The fraction of sp³-hybridized carbons (Fsp3) is 0.235. The molecule has 1 heterocycles. The Morgan fingerprint density at radius 1 is 0.885 bits per heavy atom. The van der Waals surface area contributed by atoms with Crippen LogP contribution in [0.4, 0.5) is 5.69 Å². The van der Waals surface area contributed by atoms with Gasteiger partial charge in [0, 0.05) is 21.3 Å². The molecule has 5 N–H and O–H groups in total. The number of hydrogen-bond acceptors (Lipinski definition) is 9. The van der Waals surface area contributed by atoms with Gasteiger partial charge in [0.05, 0.1) is 0 Å². The van der Waals surface area contributed by atoms with Gasteiger partial charge in [0.25, 0.3) is 6.48 Å². The first-order valence-electron chi connectivity index (χ1n) is 7.30. The van der Waals surface area contributed by atoms with E-state index in [2.05, 4.69) is 19.2 Å². The number of anilines is 1. The summed E-state index contributed by atoms with van der Waals surface area (Å²) in [5.41, 5.74) is 6.33. The van der Waals surface area contributed by atoms with Crippen molar-refractivity contribution in [2.75, 3.05) is 27.1 Å². The molecular weight excluding hydrogens is 344 g/mol. The summed E-state index contributed by atoms with van der Waals surface area (Å²) in [4.78, 5) is 3.80. The molecule has 3 aromatic rings. The molecule has 0 radical (unpaired) electrons. The molecule has 0 aliphatic rings. The van der Waals surface area contributed by atoms with E-state index < -0.39 is 6.48 Å². The number of ether oxygens (including phenoxy) is 3. The summed E-state index contributed by atoms with van der Waals surface area (Å²) in [6, 6.07) is 9.38. The highest BCUT2D eigenvalue weighted by Crippen LogP contribution is 2.28. The molecule has 0 fully saturated rings. The largest absolute Gasteiger partial charge is 0.506 e. The van der Waals surface area contributed by atoms with Crippen molar-refractivity contribution in [3.63, 3.8) is 0 Å². The predicted octanol–water partition coefficient (Wildman–Crippen LogP) is 2.42. The van der Waals surface area contributed by atoms with Gasteiger partial charge in [-0.1, -0.05) is 12.1 Å². The quantitative estimate of drug-likeness (QED) is 0.312. The Hall–Kier alpha value is -3.01. The third kappa shape index (κ3) is 6.13. The summed E-state index contributed by atoms with van der Waals surface area (Å²) >= 11 is 0. The molecule has 0 saturated carbocycles. The summed E-state index contributed by atoms with van der Waals surface area (Å²) < 4.78 is 18.7. The van der Waals surface area contributed by atoms with Crippen molar-refractivity contribution in [1.29, 1.82) is 0 Å². The van der Waals surface area contributed by atoms with Crippen molar-refractivity contribution in [1.82, 2.24) is 4.98 Å². The number of phenols is 3. The van der Waals surface area contributed by atoms with E-state index in [0.29, 0.717) is 11.1 Å². The van der Waals surface area contributed by atoms with Crippen LogP contribution < -0.4 is 5.73 Å². The van der Waals surface area contributed by atoms with Crippen LogP contribution in [0.15, 0.2) is 47.2 Å². The minimum absolute atomic E-state index is 0.0255. The Balaban J connectivity index is 0.000000199. The lowest BCUT2D eigenvalue weighted by atomic mass is 10.3. The van der Waals surface area contributed by atoms with E-state index in [9.17, 15) is 0 Å². The number of para-hydroxylation sites is 2. The molecule has 0 bridgehead atoms. The highest BCUT2D eigenvalue weighted by Gasteiger charge is 2.00. The lowest BCUT2D eigenvalue weighted by molar-refractivity contribution is -0.252. The Kier molecular flexibility index (Phi) is 8.71. The minimum atomic E-state index is -0.514. The second-order valence-corrected chi connectivity index (χ2v) is 4.68. The third-order valence-electron chi connectivity index (χ3n) is 2.98. The zero-order valence-electron chi connectivity index (χ0n) is 14.6. The number of nitrogens with two attached hydrogens (primary N) is 1. The van der Waals surface area contributed by atoms with Gasteiger partial charge in [-0.05, 0) is 24.3 Å². The van der Waals surface area contributed by atoms with Crippen molar-refractivity contribution in [3.05, 3.63) is 42.8 Å². The minimum Gasteiger partial charge on any atom is -0.506 e. The first-order valence-corrected chi connectivity index (χ1v) is 7.30. The highest BCUT2D eigenvalue weighted by atomic mass is 16.8. The fourth-order valence-corrected chi connectivity index (χ4v) is 1.70. The Labute approximate surface area is 150 Å². The molecule has 9 heteroatoms. The summed E-state index contributed by atoms with van der Waals surface area (Å²) in [5.74, 6) is -0.0174. The Bertz CT molecular complexity index is 762. The number of oxazole rings is 1. The smallest absolute Gasteiger partial charge is 0.270 e. The van der Waals surface area contributed by atoms with Gasteiger partial charge in [-0.2, -0.15) is 0 Å².